The molecule has 0 saturated carbocycles. The molecule has 6 nitrogen and oxygen atoms in total. The summed E-state index contributed by atoms with van der Waals surface area (Å²) in [4.78, 5) is 20.1. The van der Waals surface area contributed by atoms with E-state index in [0.717, 1.165) is 22.0 Å². The molecule has 0 atom stereocenters. The normalized spacial score (nSPS) is 10.9. The number of benzene rings is 2. The van der Waals surface area contributed by atoms with Crippen LogP contribution in [-0.2, 0) is 6.54 Å². The predicted molar refractivity (Wildman–Crippen MR) is 94.8 cm³/mol. The number of fused-ring (bicyclic) bond motifs is 1. The zero-order valence-corrected chi connectivity index (χ0v) is 13.3. The lowest BCUT2D eigenvalue weighted by Gasteiger charge is -2.05. The van der Waals surface area contributed by atoms with E-state index in [2.05, 4.69) is 15.1 Å². The molecule has 0 aliphatic rings. The standard InChI is InChI=1S/C19H15N5O/c20-19(25)18-9-17(23-24(18)11-13-4-2-1-3-5-13)14-6-7-16-15(8-14)10-21-12-22-16/h1-10,12H,11H2,(H2,20,25). The van der Waals surface area contributed by atoms with Gasteiger partial charge in [0, 0.05) is 17.1 Å². The minimum Gasteiger partial charge on any atom is -0.364 e. The van der Waals surface area contributed by atoms with Crippen molar-refractivity contribution >= 4 is 16.8 Å². The van der Waals surface area contributed by atoms with Crippen molar-refractivity contribution in [1.29, 1.82) is 0 Å². The number of carbonyl (C=O) groups is 1. The fourth-order valence-corrected chi connectivity index (χ4v) is 2.78. The molecule has 2 aromatic heterocycles. The summed E-state index contributed by atoms with van der Waals surface area (Å²) in [5, 5.41) is 5.49. The Kier molecular flexibility index (Phi) is 3.70. The highest BCUT2D eigenvalue weighted by molar-refractivity contribution is 5.92. The molecule has 4 rings (SSSR count). The monoisotopic (exact) mass is 329 g/mol. The molecule has 0 bridgehead atoms. The van der Waals surface area contributed by atoms with Crippen molar-refractivity contribution in [3.63, 3.8) is 0 Å². The summed E-state index contributed by atoms with van der Waals surface area (Å²) in [7, 11) is 0. The Labute approximate surface area is 144 Å². The molecular formula is C19H15N5O. The van der Waals surface area contributed by atoms with Crippen molar-refractivity contribution in [3.8, 4) is 11.3 Å². The molecule has 0 radical (unpaired) electrons. The number of aromatic nitrogens is 4. The van der Waals surface area contributed by atoms with Crippen LogP contribution in [0.2, 0.25) is 0 Å². The fourth-order valence-electron chi connectivity index (χ4n) is 2.78. The Hall–Kier alpha value is -3.54. The van der Waals surface area contributed by atoms with E-state index in [1.807, 2.05) is 48.5 Å². The highest BCUT2D eigenvalue weighted by Gasteiger charge is 2.14. The summed E-state index contributed by atoms with van der Waals surface area (Å²) in [5.74, 6) is -0.501. The quantitative estimate of drug-likeness (QED) is 0.623. The van der Waals surface area contributed by atoms with Crippen LogP contribution in [0.3, 0.4) is 0 Å². The van der Waals surface area contributed by atoms with E-state index in [0.29, 0.717) is 17.9 Å². The molecule has 122 valence electrons. The average molecular weight is 329 g/mol. The van der Waals surface area contributed by atoms with E-state index >= 15 is 0 Å². The first-order valence-corrected chi connectivity index (χ1v) is 7.82. The second-order valence-corrected chi connectivity index (χ2v) is 5.72. The van der Waals surface area contributed by atoms with E-state index < -0.39 is 5.91 Å². The van der Waals surface area contributed by atoms with Gasteiger partial charge in [0.15, 0.2) is 0 Å². The average Bonchev–Trinajstić information content (AvgIpc) is 3.06. The molecule has 6 heteroatoms. The zero-order valence-electron chi connectivity index (χ0n) is 13.3. The van der Waals surface area contributed by atoms with Gasteiger partial charge in [-0.05, 0) is 23.8 Å². The van der Waals surface area contributed by atoms with E-state index in [1.165, 1.54) is 6.33 Å². The van der Waals surface area contributed by atoms with Crippen LogP contribution in [0, 0.1) is 0 Å². The minimum atomic E-state index is -0.501. The van der Waals surface area contributed by atoms with Gasteiger partial charge >= 0.3 is 0 Å². The van der Waals surface area contributed by atoms with Crippen molar-refractivity contribution in [2.24, 2.45) is 5.73 Å². The van der Waals surface area contributed by atoms with Gasteiger partial charge < -0.3 is 5.73 Å². The molecule has 2 heterocycles. The van der Waals surface area contributed by atoms with Gasteiger partial charge in [-0.3, -0.25) is 9.48 Å². The summed E-state index contributed by atoms with van der Waals surface area (Å²) in [6, 6.07) is 17.3. The SMILES string of the molecule is NC(=O)c1cc(-c2ccc3ncncc3c2)nn1Cc1ccccc1. The molecule has 4 aromatic rings. The first kappa shape index (κ1) is 15.0. The summed E-state index contributed by atoms with van der Waals surface area (Å²) < 4.78 is 1.64. The summed E-state index contributed by atoms with van der Waals surface area (Å²) in [6.45, 7) is 0.482. The summed E-state index contributed by atoms with van der Waals surface area (Å²) >= 11 is 0. The second-order valence-electron chi connectivity index (χ2n) is 5.72. The van der Waals surface area contributed by atoms with Gasteiger partial charge in [-0.1, -0.05) is 36.4 Å². The number of nitrogens with zero attached hydrogens (tertiary/aromatic N) is 4. The molecule has 0 fully saturated rings. The smallest absolute Gasteiger partial charge is 0.267 e. The van der Waals surface area contributed by atoms with Crippen molar-refractivity contribution in [3.05, 3.63) is 78.4 Å². The van der Waals surface area contributed by atoms with Crippen LogP contribution in [0.1, 0.15) is 16.1 Å². The maximum Gasteiger partial charge on any atom is 0.267 e. The van der Waals surface area contributed by atoms with E-state index in [1.54, 1.807) is 16.9 Å². The van der Waals surface area contributed by atoms with Crippen LogP contribution in [0.5, 0.6) is 0 Å². The number of primary amides is 1. The van der Waals surface area contributed by atoms with E-state index in [-0.39, 0.29) is 0 Å². The number of hydrogen-bond donors (Lipinski definition) is 1. The Balaban J connectivity index is 1.76. The largest absolute Gasteiger partial charge is 0.364 e. The van der Waals surface area contributed by atoms with Gasteiger partial charge in [-0.2, -0.15) is 5.10 Å². The molecule has 0 aliphatic carbocycles. The third-order valence-corrected chi connectivity index (χ3v) is 4.01. The Morgan fingerprint density at radius 2 is 1.92 bits per heavy atom. The Morgan fingerprint density at radius 3 is 2.72 bits per heavy atom. The minimum absolute atomic E-state index is 0.378. The fraction of sp³-hybridized carbons (Fsp3) is 0.0526. The Bertz CT molecular complexity index is 1060. The first-order valence-electron chi connectivity index (χ1n) is 7.82. The molecule has 0 unspecified atom stereocenters. The van der Waals surface area contributed by atoms with Gasteiger partial charge in [0.2, 0.25) is 0 Å². The number of carbonyl (C=O) groups excluding carboxylic acids is 1. The lowest BCUT2D eigenvalue weighted by molar-refractivity contribution is 0.0990. The van der Waals surface area contributed by atoms with Gasteiger partial charge in [0.05, 0.1) is 17.8 Å². The molecule has 2 N–H and O–H groups in total. The predicted octanol–water partition coefficient (Wildman–Crippen LogP) is 2.64. The van der Waals surface area contributed by atoms with Gasteiger partial charge in [-0.15, -0.1) is 0 Å². The third kappa shape index (κ3) is 2.97. The first-order chi connectivity index (χ1) is 12.2. The summed E-state index contributed by atoms with van der Waals surface area (Å²) in [5.41, 5.74) is 9.39. The van der Waals surface area contributed by atoms with Crippen LogP contribution >= 0.6 is 0 Å². The lowest BCUT2D eigenvalue weighted by Crippen LogP contribution is -2.18. The van der Waals surface area contributed by atoms with Crippen molar-refractivity contribution in [2.45, 2.75) is 6.54 Å². The molecule has 1 amide bonds. The van der Waals surface area contributed by atoms with E-state index in [9.17, 15) is 4.79 Å². The molecule has 0 aliphatic heterocycles. The second kappa shape index (κ2) is 6.16. The van der Waals surface area contributed by atoms with Gasteiger partial charge in [0.1, 0.15) is 12.0 Å². The van der Waals surface area contributed by atoms with Gasteiger partial charge in [-0.25, -0.2) is 9.97 Å². The highest BCUT2D eigenvalue weighted by atomic mass is 16.1. The van der Waals surface area contributed by atoms with Gasteiger partial charge in [0.25, 0.3) is 5.91 Å². The zero-order chi connectivity index (χ0) is 17.2. The maximum atomic E-state index is 11.8. The number of nitrogens with two attached hydrogens (primary N) is 1. The van der Waals surface area contributed by atoms with Crippen molar-refractivity contribution in [2.75, 3.05) is 0 Å². The van der Waals surface area contributed by atoms with Crippen molar-refractivity contribution < 1.29 is 4.79 Å². The van der Waals surface area contributed by atoms with E-state index in [4.69, 9.17) is 5.73 Å². The molecule has 0 spiro atoms. The van der Waals surface area contributed by atoms with Crippen LogP contribution in [0.15, 0.2) is 67.1 Å². The number of rotatable bonds is 4. The molecule has 0 saturated heterocycles. The number of amides is 1. The topological polar surface area (TPSA) is 86.7 Å². The van der Waals surface area contributed by atoms with Crippen LogP contribution < -0.4 is 5.73 Å². The summed E-state index contributed by atoms with van der Waals surface area (Å²) in [6.07, 6.45) is 3.27. The third-order valence-electron chi connectivity index (χ3n) is 4.01. The Morgan fingerprint density at radius 1 is 1.08 bits per heavy atom. The molecule has 2 aromatic carbocycles. The van der Waals surface area contributed by atoms with Crippen LogP contribution in [-0.4, -0.2) is 25.7 Å². The highest BCUT2D eigenvalue weighted by Crippen LogP contribution is 2.23. The molecule has 25 heavy (non-hydrogen) atoms. The van der Waals surface area contributed by atoms with Crippen LogP contribution in [0.4, 0.5) is 0 Å². The molecular weight excluding hydrogens is 314 g/mol. The van der Waals surface area contributed by atoms with Crippen LogP contribution in [0.25, 0.3) is 22.2 Å². The number of hydrogen-bond acceptors (Lipinski definition) is 4. The van der Waals surface area contributed by atoms with Crippen molar-refractivity contribution in [1.82, 2.24) is 19.7 Å². The lowest BCUT2D eigenvalue weighted by atomic mass is 10.1. The maximum absolute atomic E-state index is 11.8.